The van der Waals surface area contributed by atoms with Gasteiger partial charge >= 0.3 is 35.8 Å². The summed E-state index contributed by atoms with van der Waals surface area (Å²) in [7, 11) is 0. The van der Waals surface area contributed by atoms with Crippen molar-refractivity contribution < 1.29 is 62.0 Å². The Morgan fingerprint density at radius 1 is 0.778 bits per heavy atom. The predicted molar refractivity (Wildman–Crippen MR) is 117 cm³/mol. The number of ether oxygens (including phenoxy) is 6. The molecule has 0 fully saturated rings. The molecular weight excluding hydrogens is 486 g/mol. The molecular formula is C22H31NO13. The number of hydrogen-bond donors (Lipinski definition) is 0. The molecule has 0 spiro atoms. The van der Waals surface area contributed by atoms with E-state index in [9.17, 15) is 28.8 Å². The van der Waals surface area contributed by atoms with Crippen LogP contribution in [-0.4, -0.2) is 85.3 Å². The number of hydrogen-bond acceptors (Lipinski definition) is 14. The van der Waals surface area contributed by atoms with Crippen LogP contribution in [0.1, 0.15) is 48.5 Å². The summed E-state index contributed by atoms with van der Waals surface area (Å²) < 4.78 is 31.3. The molecule has 0 aromatic rings. The second kappa shape index (κ2) is 14.0. The number of nitrogens with zero attached hydrogens (tertiary/aromatic N) is 1. The molecule has 14 heteroatoms. The summed E-state index contributed by atoms with van der Waals surface area (Å²) in [5.41, 5.74) is 0.178. The molecule has 0 bridgehead atoms. The van der Waals surface area contributed by atoms with Gasteiger partial charge in [-0.25, -0.2) is 0 Å². The molecule has 0 N–H and O–H groups in total. The Hall–Kier alpha value is -3.71. The molecule has 0 radical (unpaired) electrons. The third kappa shape index (κ3) is 9.15. The van der Waals surface area contributed by atoms with Gasteiger partial charge in [0.05, 0.1) is 12.3 Å². The molecule has 6 atom stereocenters. The van der Waals surface area contributed by atoms with Crippen LogP contribution in [0.3, 0.4) is 0 Å². The van der Waals surface area contributed by atoms with Gasteiger partial charge in [-0.3, -0.25) is 28.8 Å². The molecule has 0 aliphatic carbocycles. The van der Waals surface area contributed by atoms with Crippen molar-refractivity contribution in [2.24, 2.45) is 11.1 Å². The van der Waals surface area contributed by atoms with Crippen molar-refractivity contribution in [2.75, 3.05) is 13.2 Å². The van der Waals surface area contributed by atoms with E-state index in [-0.39, 0.29) is 12.3 Å². The average molecular weight is 517 g/mol. The fraction of sp³-hybridized carbons (Fsp3) is 0.682. The maximum Gasteiger partial charge on any atom is 0.318 e. The highest BCUT2D eigenvalue weighted by molar-refractivity contribution is 6.02. The number of esters is 6. The van der Waals surface area contributed by atoms with E-state index in [0.717, 1.165) is 34.6 Å². The molecule has 1 aliphatic rings. The minimum atomic E-state index is -1.71. The predicted octanol–water partition coefficient (Wildman–Crippen LogP) is 0.230. The molecule has 0 amide bonds. The third-order valence-electron chi connectivity index (χ3n) is 4.65. The van der Waals surface area contributed by atoms with Gasteiger partial charge in [0.15, 0.2) is 30.5 Å². The third-order valence-corrected chi connectivity index (χ3v) is 4.65. The van der Waals surface area contributed by atoms with Gasteiger partial charge in [0.2, 0.25) is 0 Å². The largest absolute Gasteiger partial charge is 0.465 e. The molecule has 1 rings (SSSR count). The zero-order valence-electron chi connectivity index (χ0n) is 21.1. The van der Waals surface area contributed by atoms with Gasteiger partial charge in [-0.1, -0.05) is 5.16 Å². The SMILES string of the molecule is CCOC(=O)[C@H]1C(C)=NO[C@@H]1[C@H](OC(C)=O)[C@@H](OC(C)=O)[C@@H](OC(C)=O)[C@@H](COC(C)=O)OC(C)=O. The Morgan fingerprint density at radius 3 is 1.78 bits per heavy atom. The van der Waals surface area contributed by atoms with E-state index < -0.39 is 78.9 Å². The highest BCUT2D eigenvalue weighted by atomic mass is 16.7. The highest BCUT2D eigenvalue weighted by Crippen LogP contribution is 2.31. The van der Waals surface area contributed by atoms with Crippen LogP contribution < -0.4 is 0 Å². The zero-order chi connectivity index (χ0) is 27.6. The standard InChI is InChI=1S/C22H31NO13/c1-8-30-22(29)17-10(2)23-36-19(17)21(35-15(7)28)20(34-14(6)27)18(33-13(5)26)16(32-12(4)25)9-31-11(3)24/h16-21H,8-9H2,1-7H3/t16-,17+,18+,19+,20+,21+/m1/s1. The highest BCUT2D eigenvalue weighted by Gasteiger charge is 2.54. The molecule has 1 heterocycles. The molecule has 36 heavy (non-hydrogen) atoms. The summed E-state index contributed by atoms with van der Waals surface area (Å²) in [6.07, 6.45) is -7.91. The van der Waals surface area contributed by atoms with E-state index in [4.69, 9.17) is 33.3 Å². The fourth-order valence-corrected chi connectivity index (χ4v) is 3.47. The van der Waals surface area contributed by atoms with E-state index in [1.54, 1.807) is 6.92 Å². The normalized spacial score (nSPS) is 19.8. The second-order valence-electron chi connectivity index (χ2n) is 7.71. The minimum Gasteiger partial charge on any atom is -0.465 e. The van der Waals surface area contributed by atoms with Crippen molar-refractivity contribution in [3.8, 4) is 0 Å². The second-order valence-corrected chi connectivity index (χ2v) is 7.71. The first kappa shape index (κ1) is 30.3. The van der Waals surface area contributed by atoms with Gasteiger partial charge in [-0.2, -0.15) is 0 Å². The van der Waals surface area contributed by atoms with Crippen LogP contribution in [0.2, 0.25) is 0 Å². The fourth-order valence-electron chi connectivity index (χ4n) is 3.47. The smallest absolute Gasteiger partial charge is 0.318 e. The molecule has 0 saturated heterocycles. The van der Waals surface area contributed by atoms with E-state index in [0.29, 0.717) is 0 Å². The van der Waals surface area contributed by atoms with E-state index in [1.165, 1.54) is 6.92 Å². The van der Waals surface area contributed by atoms with Crippen LogP contribution in [0, 0.1) is 5.92 Å². The molecule has 0 aromatic heterocycles. The van der Waals surface area contributed by atoms with E-state index in [1.807, 2.05) is 0 Å². The maximum absolute atomic E-state index is 12.7. The molecule has 0 saturated carbocycles. The summed E-state index contributed by atoms with van der Waals surface area (Å²) in [5, 5.41) is 3.79. The summed E-state index contributed by atoms with van der Waals surface area (Å²) in [6.45, 7) is 7.69. The van der Waals surface area contributed by atoms with Crippen LogP contribution in [0.15, 0.2) is 5.16 Å². The lowest BCUT2D eigenvalue weighted by Gasteiger charge is -2.37. The van der Waals surface area contributed by atoms with Crippen LogP contribution in [0.4, 0.5) is 0 Å². The van der Waals surface area contributed by atoms with Crippen molar-refractivity contribution in [3.05, 3.63) is 0 Å². The van der Waals surface area contributed by atoms with Crippen LogP contribution >= 0.6 is 0 Å². The number of oxime groups is 1. The van der Waals surface area contributed by atoms with Crippen molar-refractivity contribution in [1.29, 1.82) is 0 Å². The maximum atomic E-state index is 12.7. The first-order valence-corrected chi connectivity index (χ1v) is 11.0. The lowest BCUT2D eigenvalue weighted by Crippen LogP contribution is -2.58. The molecule has 202 valence electrons. The lowest BCUT2D eigenvalue weighted by molar-refractivity contribution is -0.214. The summed E-state index contributed by atoms with van der Waals surface area (Å²) >= 11 is 0. The quantitative estimate of drug-likeness (QED) is 0.254. The lowest BCUT2D eigenvalue weighted by atomic mass is 9.88. The Kier molecular flexibility index (Phi) is 11.8. The van der Waals surface area contributed by atoms with Crippen molar-refractivity contribution in [3.63, 3.8) is 0 Å². The molecule has 0 aromatic carbocycles. The summed E-state index contributed by atoms with van der Waals surface area (Å²) in [4.78, 5) is 77.4. The summed E-state index contributed by atoms with van der Waals surface area (Å²) in [5.74, 6) is -6.24. The monoisotopic (exact) mass is 517 g/mol. The Bertz CT molecular complexity index is 883. The van der Waals surface area contributed by atoms with Crippen LogP contribution in [-0.2, 0) is 62.0 Å². The number of rotatable bonds is 12. The Morgan fingerprint density at radius 2 is 1.31 bits per heavy atom. The van der Waals surface area contributed by atoms with Gasteiger partial charge in [0.1, 0.15) is 12.5 Å². The van der Waals surface area contributed by atoms with Crippen molar-refractivity contribution in [1.82, 2.24) is 0 Å². The van der Waals surface area contributed by atoms with Crippen LogP contribution in [0.25, 0.3) is 0 Å². The minimum absolute atomic E-state index is 0.0217. The summed E-state index contributed by atoms with van der Waals surface area (Å²) in [6, 6.07) is 0. The van der Waals surface area contributed by atoms with E-state index >= 15 is 0 Å². The van der Waals surface area contributed by atoms with Gasteiger partial charge in [0, 0.05) is 34.6 Å². The zero-order valence-corrected chi connectivity index (χ0v) is 21.1. The number of carbonyl (C=O) groups is 6. The molecule has 14 nitrogen and oxygen atoms in total. The van der Waals surface area contributed by atoms with Gasteiger partial charge in [-0.05, 0) is 13.8 Å². The average Bonchev–Trinajstić information content (AvgIpc) is 3.12. The Balaban J connectivity index is 3.65. The van der Waals surface area contributed by atoms with Crippen molar-refractivity contribution >= 4 is 41.5 Å². The molecule has 1 aliphatic heterocycles. The van der Waals surface area contributed by atoms with Crippen molar-refractivity contribution in [2.45, 2.75) is 79.0 Å². The Labute approximate surface area is 207 Å². The topological polar surface area (TPSA) is 179 Å². The molecule has 0 unspecified atom stereocenters. The van der Waals surface area contributed by atoms with Gasteiger partial charge in [0.25, 0.3) is 0 Å². The van der Waals surface area contributed by atoms with E-state index in [2.05, 4.69) is 5.16 Å². The van der Waals surface area contributed by atoms with Gasteiger partial charge in [-0.15, -0.1) is 0 Å². The first-order chi connectivity index (χ1) is 16.8. The van der Waals surface area contributed by atoms with Crippen LogP contribution in [0.5, 0.6) is 0 Å². The van der Waals surface area contributed by atoms with Gasteiger partial charge < -0.3 is 33.3 Å². The first-order valence-electron chi connectivity index (χ1n) is 11.0. The number of carbonyl (C=O) groups excluding carboxylic acids is 6.